The van der Waals surface area contributed by atoms with Crippen molar-refractivity contribution < 1.29 is 19.1 Å². The molecular formula is C24H26N2O4. The summed E-state index contributed by atoms with van der Waals surface area (Å²) in [6.07, 6.45) is 3.30. The predicted octanol–water partition coefficient (Wildman–Crippen LogP) is 4.02. The first-order valence-electron chi connectivity index (χ1n) is 10.2. The zero-order chi connectivity index (χ0) is 21.3. The van der Waals surface area contributed by atoms with E-state index in [0.717, 1.165) is 29.3 Å². The third kappa shape index (κ3) is 3.77. The number of ether oxygens (including phenoxy) is 2. The van der Waals surface area contributed by atoms with Crippen LogP contribution in [0.3, 0.4) is 0 Å². The average Bonchev–Trinajstić information content (AvgIpc) is 3.13. The van der Waals surface area contributed by atoms with Crippen LogP contribution in [0.25, 0.3) is 10.9 Å². The van der Waals surface area contributed by atoms with Crippen molar-refractivity contribution in [1.82, 2.24) is 10.3 Å². The second-order valence-corrected chi connectivity index (χ2v) is 7.90. The van der Waals surface area contributed by atoms with Gasteiger partial charge in [-0.1, -0.05) is 13.0 Å². The van der Waals surface area contributed by atoms with Crippen molar-refractivity contribution >= 4 is 22.8 Å². The Hall–Kier alpha value is -3.28. The number of fused-ring (bicyclic) bond motifs is 3. The number of aryl methyl sites for hydroxylation is 1. The Morgan fingerprint density at radius 2 is 2.00 bits per heavy atom. The van der Waals surface area contributed by atoms with E-state index in [1.165, 1.54) is 31.9 Å². The summed E-state index contributed by atoms with van der Waals surface area (Å²) in [5, 5.41) is 4.08. The summed E-state index contributed by atoms with van der Waals surface area (Å²) in [7, 11) is 2.83. The molecule has 0 saturated heterocycles. The molecule has 0 radical (unpaired) electrons. The molecule has 1 heterocycles. The number of hydrogen-bond donors (Lipinski definition) is 2. The Morgan fingerprint density at radius 3 is 2.77 bits per heavy atom. The summed E-state index contributed by atoms with van der Waals surface area (Å²) in [4.78, 5) is 28.2. The molecule has 0 unspecified atom stereocenters. The summed E-state index contributed by atoms with van der Waals surface area (Å²) in [5.74, 6) is 0.477. The Balaban J connectivity index is 1.52. The van der Waals surface area contributed by atoms with E-state index in [0.29, 0.717) is 29.3 Å². The fourth-order valence-electron chi connectivity index (χ4n) is 4.15. The number of aromatic nitrogens is 1. The van der Waals surface area contributed by atoms with Crippen molar-refractivity contribution in [2.45, 2.75) is 32.7 Å². The van der Waals surface area contributed by atoms with E-state index in [9.17, 15) is 9.59 Å². The van der Waals surface area contributed by atoms with E-state index in [4.69, 9.17) is 9.47 Å². The maximum absolute atomic E-state index is 12.8. The Morgan fingerprint density at radius 1 is 1.17 bits per heavy atom. The van der Waals surface area contributed by atoms with Crippen LogP contribution in [0.15, 0.2) is 36.4 Å². The van der Waals surface area contributed by atoms with E-state index in [1.807, 2.05) is 24.3 Å². The predicted molar refractivity (Wildman–Crippen MR) is 115 cm³/mol. The van der Waals surface area contributed by atoms with E-state index < -0.39 is 5.97 Å². The minimum Gasteiger partial charge on any atom is -0.496 e. The number of carbonyl (C=O) groups excluding carboxylic acids is 2. The van der Waals surface area contributed by atoms with Gasteiger partial charge < -0.3 is 19.8 Å². The first kappa shape index (κ1) is 20.0. The van der Waals surface area contributed by atoms with Gasteiger partial charge in [0.2, 0.25) is 0 Å². The first-order valence-corrected chi connectivity index (χ1v) is 10.2. The molecule has 30 heavy (non-hydrogen) atoms. The van der Waals surface area contributed by atoms with Crippen LogP contribution in [0.4, 0.5) is 0 Å². The van der Waals surface area contributed by atoms with Gasteiger partial charge in [0.25, 0.3) is 5.91 Å². The molecule has 0 fully saturated rings. The van der Waals surface area contributed by atoms with Gasteiger partial charge in [-0.25, -0.2) is 4.79 Å². The lowest BCUT2D eigenvalue weighted by Gasteiger charge is -2.18. The molecule has 6 nitrogen and oxygen atoms in total. The molecule has 0 saturated carbocycles. The van der Waals surface area contributed by atoms with Crippen LogP contribution >= 0.6 is 0 Å². The minimum absolute atomic E-state index is 0.147. The lowest BCUT2D eigenvalue weighted by atomic mass is 9.87. The smallest absolute Gasteiger partial charge is 0.341 e. The summed E-state index contributed by atoms with van der Waals surface area (Å²) in [6.45, 7) is 2.57. The van der Waals surface area contributed by atoms with Gasteiger partial charge in [0.05, 0.1) is 14.2 Å². The van der Waals surface area contributed by atoms with Crippen molar-refractivity contribution in [2.24, 2.45) is 5.92 Å². The van der Waals surface area contributed by atoms with Crippen molar-refractivity contribution in [3.8, 4) is 5.75 Å². The standard InChI is InChI=1S/C24H26N2O4/c1-14-4-7-20-17(10-14)18-12-16(6-8-21(18)26-20)23(27)25-13-15-5-9-22(29-2)19(11-15)24(28)30-3/h5-6,8-9,11-12,14,26H,4,7,10,13H2,1-3H3,(H,25,27)/t14-/m0/s1. The van der Waals surface area contributed by atoms with Crippen LogP contribution in [-0.2, 0) is 24.1 Å². The van der Waals surface area contributed by atoms with Gasteiger partial charge in [0.15, 0.2) is 0 Å². The van der Waals surface area contributed by atoms with E-state index in [1.54, 1.807) is 12.1 Å². The van der Waals surface area contributed by atoms with Gasteiger partial charge in [0.1, 0.15) is 11.3 Å². The van der Waals surface area contributed by atoms with Crippen LogP contribution in [-0.4, -0.2) is 31.1 Å². The normalized spacial score (nSPS) is 15.5. The average molecular weight is 406 g/mol. The maximum atomic E-state index is 12.8. The highest BCUT2D eigenvalue weighted by atomic mass is 16.5. The monoisotopic (exact) mass is 406 g/mol. The fourth-order valence-corrected chi connectivity index (χ4v) is 4.15. The molecule has 1 amide bonds. The number of methoxy groups -OCH3 is 2. The maximum Gasteiger partial charge on any atom is 0.341 e. The topological polar surface area (TPSA) is 80.4 Å². The summed E-state index contributed by atoms with van der Waals surface area (Å²) in [6, 6.07) is 11.0. The van der Waals surface area contributed by atoms with Gasteiger partial charge in [0, 0.05) is 28.7 Å². The Labute approximate surface area is 175 Å². The Bertz CT molecular complexity index is 1120. The second kappa shape index (κ2) is 8.22. The molecule has 156 valence electrons. The molecule has 2 aromatic carbocycles. The number of benzene rings is 2. The third-order valence-corrected chi connectivity index (χ3v) is 5.82. The van der Waals surface area contributed by atoms with Crippen LogP contribution in [0.2, 0.25) is 0 Å². The van der Waals surface area contributed by atoms with Crippen LogP contribution < -0.4 is 10.1 Å². The summed E-state index contributed by atoms with van der Waals surface area (Å²) in [5.41, 5.74) is 5.48. The van der Waals surface area contributed by atoms with Crippen molar-refractivity contribution in [3.05, 3.63) is 64.3 Å². The SMILES string of the molecule is COC(=O)c1cc(CNC(=O)c2ccc3[nH]c4c(c3c2)C[C@@H](C)CC4)ccc1OC. The zero-order valence-electron chi connectivity index (χ0n) is 17.5. The van der Waals surface area contributed by atoms with Crippen LogP contribution in [0.1, 0.15) is 50.9 Å². The summed E-state index contributed by atoms with van der Waals surface area (Å²) >= 11 is 0. The molecule has 0 bridgehead atoms. The highest BCUT2D eigenvalue weighted by Gasteiger charge is 2.20. The highest BCUT2D eigenvalue weighted by molar-refractivity contribution is 5.99. The van der Waals surface area contributed by atoms with Gasteiger partial charge in [-0.3, -0.25) is 4.79 Å². The number of hydrogen-bond acceptors (Lipinski definition) is 4. The fraction of sp³-hybridized carbons (Fsp3) is 0.333. The van der Waals surface area contributed by atoms with Crippen molar-refractivity contribution in [1.29, 1.82) is 0 Å². The molecule has 0 aliphatic heterocycles. The van der Waals surface area contributed by atoms with Gasteiger partial charge in [-0.05, 0) is 66.6 Å². The van der Waals surface area contributed by atoms with Gasteiger partial charge >= 0.3 is 5.97 Å². The second-order valence-electron chi connectivity index (χ2n) is 7.90. The lowest BCUT2D eigenvalue weighted by molar-refractivity contribution is 0.0597. The quantitative estimate of drug-likeness (QED) is 0.627. The molecule has 1 atom stereocenters. The number of H-pyrrole nitrogens is 1. The largest absolute Gasteiger partial charge is 0.496 e. The molecule has 0 spiro atoms. The number of rotatable bonds is 5. The van der Waals surface area contributed by atoms with Crippen molar-refractivity contribution in [3.63, 3.8) is 0 Å². The highest BCUT2D eigenvalue weighted by Crippen LogP contribution is 2.32. The third-order valence-electron chi connectivity index (χ3n) is 5.82. The molecule has 6 heteroatoms. The van der Waals surface area contributed by atoms with E-state index in [-0.39, 0.29) is 5.91 Å². The minimum atomic E-state index is -0.475. The number of nitrogens with one attached hydrogen (secondary N) is 2. The number of aromatic amines is 1. The summed E-state index contributed by atoms with van der Waals surface area (Å²) < 4.78 is 10.0. The molecule has 3 aromatic rings. The zero-order valence-corrected chi connectivity index (χ0v) is 17.5. The molecule has 4 rings (SSSR count). The first-order chi connectivity index (χ1) is 14.5. The number of carbonyl (C=O) groups is 2. The molecular weight excluding hydrogens is 380 g/mol. The van der Waals surface area contributed by atoms with E-state index >= 15 is 0 Å². The van der Waals surface area contributed by atoms with Gasteiger partial charge in [-0.15, -0.1) is 0 Å². The van der Waals surface area contributed by atoms with Crippen LogP contribution in [0.5, 0.6) is 5.75 Å². The van der Waals surface area contributed by atoms with Gasteiger partial charge in [-0.2, -0.15) is 0 Å². The Kier molecular flexibility index (Phi) is 5.48. The lowest BCUT2D eigenvalue weighted by Crippen LogP contribution is -2.23. The van der Waals surface area contributed by atoms with Crippen molar-refractivity contribution in [2.75, 3.05) is 14.2 Å². The number of esters is 1. The molecule has 2 N–H and O–H groups in total. The van der Waals surface area contributed by atoms with Crippen LogP contribution in [0, 0.1) is 5.92 Å². The molecule has 1 aromatic heterocycles. The number of amides is 1. The molecule has 1 aliphatic carbocycles. The van der Waals surface area contributed by atoms with E-state index in [2.05, 4.69) is 17.2 Å². The molecule has 1 aliphatic rings.